The first kappa shape index (κ1) is 15.1. The summed E-state index contributed by atoms with van der Waals surface area (Å²) in [6, 6.07) is 6.58. The average molecular weight is 303 g/mol. The normalized spacial score (nSPS) is 16.4. The van der Waals surface area contributed by atoms with Gasteiger partial charge in [0.25, 0.3) is 11.1 Å². The molecule has 0 atom stereocenters. The van der Waals surface area contributed by atoms with E-state index in [2.05, 4.69) is 11.3 Å². The fourth-order valence-electron chi connectivity index (χ4n) is 1.77. The van der Waals surface area contributed by atoms with Crippen molar-refractivity contribution in [3.05, 3.63) is 53.0 Å². The number of carbonyl (C=O) groups is 3. The number of esters is 1. The van der Waals surface area contributed by atoms with Gasteiger partial charge < -0.3 is 4.74 Å². The van der Waals surface area contributed by atoms with Gasteiger partial charge in [0.1, 0.15) is 0 Å². The first-order valence-corrected chi connectivity index (χ1v) is 6.93. The highest BCUT2D eigenvalue weighted by Crippen LogP contribution is 2.32. The monoisotopic (exact) mass is 303 g/mol. The second-order valence-corrected chi connectivity index (χ2v) is 5.19. The van der Waals surface area contributed by atoms with Crippen molar-refractivity contribution in [2.45, 2.75) is 0 Å². The number of hydrogen-bond donors (Lipinski definition) is 0. The molecule has 0 aliphatic carbocycles. The summed E-state index contributed by atoms with van der Waals surface area (Å²) >= 11 is 0.891. The molecule has 1 aliphatic heterocycles. The van der Waals surface area contributed by atoms with Crippen LogP contribution in [0.3, 0.4) is 0 Å². The van der Waals surface area contributed by atoms with Crippen molar-refractivity contribution in [3.8, 4) is 0 Å². The number of carbonyl (C=O) groups excluding carboxylic acids is 3. The van der Waals surface area contributed by atoms with Gasteiger partial charge in [-0.3, -0.25) is 14.5 Å². The predicted molar refractivity (Wildman–Crippen MR) is 80.7 cm³/mol. The Morgan fingerprint density at radius 3 is 2.57 bits per heavy atom. The van der Waals surface area contributed by atoms with E-state index >= 15 is 0 Å². The summed E-state index contributed by atoms with van der Waals surface area (Å²) in [5, 5.41) is -0.308. The second-order valence-electron chi connectivity index (χ2n) is 4.19. The van der Waals surface area contributed by atoms with Crippen LogP contribution in [0.1, 0.15) is 15.9 Å². The van der Waals surface area contributed by atoms with Crippen molar-refractivity contribution >= 4 is 35.0 Å². The molecule has 0 N–H and O–H groups in total. The van der Waals surface area contributed by atoms with Gasteiger partial charge in [0.15, 0.2) is 0 Å². The predicted octanol–water partition coefficient (Wildman–Crippen LogP) is 2.70. The number of amides is 2. The Labute approximate surface area is 126 Å². The zero-order valence-electron chi connectivity index (χ0n) is 11.4. The van der Waals surface area contributed by atoms with Crippen LogP contribution < -0.4 is 0 Å². The van der Waals surface area contributed by atoms with Crippen LogP contribution in [0.25, 0.3) is 6.08 Å². The third kappa shape index (κ3) is 3.22. The lowest BCUT2D eigenvalue weighted by molar-refractivity contribution is -0.122. The van der Waals surface area contributed by atoms with Gasteiger partial charge in [-0.15, -0.1) is 6.58 Å². The first-order valence-electron chi connectivity index (χ1n) is 6.11. The summed E-state index contributed by atoms with van der Waals surface area (Å²) in [4.78, 5) is 36.5. The number of nitrogens with zero attached hydrogens (tertiary/aromatic N) is 1. The van der Waals surface area contributed by atoms with Crippen LogP contribution in [-0.2, 0) is 9.53 Å². The molecule has 2 amide bonds. The fraction of sp³-hybridized carbons (Fsp3) is 0.133. The summed E-state index contributed by atoms with van der Waals surface area (Å²) in [5.41, 5.74) is 1.15. The van der Waals surface area contributed by atoms with Crippen LogP contribution in [-0.4, -0.2) is 35.7 Å². The van der Waals surface area contributed by atoms with E-state index in [1.165, 1.54) is 13.2 Å². The van der Waals surface area contributed by atoms with Gasteiger partial charge in [0.05, 0.1) is 17.6 Å². The van der Waals surface area contributed by atoms with E-state index in [1.54, 1.807) is 30.3 Å². The van der Waals surface area contributed by atoms with Gasteiger partial charge >= 0.3 is 5.97 Å². The average Bonchev–Trinajstić information content (AvgIpc) is 2.75. The molecule has 2 rings (SSSR count). The molecule has 1 saturated heterocycles. The molecular formula is C15H13NO4S. The summed E-state index contributed by atoms with van der Waals surface area (Å²) < 4.78 is 4.61. The molecule has 1 aromatic carbocycles. The molecule has 0 spiro atoms. The summed E-state index contributed by atoms with van der Waals surface area (Å²) in [6.07, 6.45) is 3.12. The Bertz CT molecular complexity index is 634. The summed E-state index contributed by atoms with van der Waals surface area (Å²) in [6.45, 7) is 3.72. The lowest BCUT2D eigenvalue weighted by atomic mass is 10.1. The van der Waals surface area contributed by atoms with Crippen LogP contribution >= 0.6 is 11.8 Å². The Morgan fingerprint density at radius 1 is 1.33 bits per heavy atom. The van der Waals surface area contributed by atoms with Crippen LogP contribution in [0, 0.1) is 0 Å². The Kier molecular flexibility index (Phi) is 4.59. The third-order valence-corrected chi connectivity index (χ3v) is 3.72. The molecular weight excluding hydrogens is 290 g/mol. The number of thioether (sulfide) groups is 1. The SMILES string of the molecule is C=CCN1C(=O)SC(=Cc2ccc(C(=O)OC)cc2)C1=O. The van der Waals surface area contributed by atoms with E-state index in [4.69, 9.17) is 0 Å². The topological polar surface area (TPSA) is 63.7 Å². The number of imide groups is 1. The van der Waals surface area contributed by atoms with E-state index < -0.39 is 5.97 Å². The lowest BCUT2D eigenvalue weighted by Gasteiger charge is -2.07. The number of benzene rings is 1. The van der Waals surface area contributed by atoms with E-state index in [0.717, 1.165) is 22.2 Å². The largest absolute Gasteiger partial charge is 0.465 e. The molecule has 0 aromatic heterocycles. The number of ether oxygens (including phenoxy) is 1. The van der Waals surface area contributed by atoms with Crippen molar-refractivity contribution in [1.29, 1.82) is 0 Å². The molecule has 21 heavy (non-hydrogen) atoms. The number of hydrogen-bond acceptors (Lipinski definition) is 5. The van der Waals surface area contributed by atoms with E-state index in [1.807, 2.05) is 0 Å². The molecule has 1 aliphatic rings. The molecule has 1 heterocycles. The maximum Gasteiger partial charge on any atom is 0.337 e. The molecule has 6 heteroatoms. The van der Waals surface area contributed by atoms with E-state index in [-0.39, 0.29) is 17.7 Å². The van der Waals surface area contributed by atoms with Gasteiger partial charge in [-0.1, -0.05) is 18.2 Å². The minimum Gasteiger partial charge on any atom is -0.465 e. The summed E-state index contributed by atoms with van der Waals surface area (Å²) in [7, 11) is 1.31. The van der Waals surface area contributed by atoms with E-state index in [0.29, 0.717) is 10.5 Å². The molecule has 1 aromatic rings. The lowest BCUT2D eigenvalue weighted by Crippen LogP contribution is -2.27. The van der Waals surface area contributed by atoms with Gasteiger partial charge in [0, 0.05) is 6.54 Å². The Morgan fingerprint density at radius 2 is 2.00 bits per heavy atom. The zero-order valence-corrected chi connectivity index (χ0v) is 12.2. The quantitative estimate of drug-likeness (QED) is 0.486. The van der Waals surface area contributed by atoms with Gasteiger partial charge in [0.2, 0.25) is 0 Å². The van der Waals surface area contributed by atoms with Crippen LogP contribution in [0.15, 0.2) is 41.8 Å². The maximum atomic E-state index is 12.0. The Balaban J connectivity index is 2.20. The van der Waals surface area contributed by atoms with Crippen molar-refractivity contribution in [2.24, 2.45) is 0 Å². The number of rotatable bonds is 4. The second kappa shape index (κ2) is 6.41. The third-order valence-electron chi connectivity index (χ3n) is 2.81. The minimum absolute atomic E-state index is 0.198. The van der Waals surface area contributed by atoms with Crippen molar-refractivity contribution < 1.29 is 19.1 Å². The molecule has 1 fully saturated rings. The molecule has 0 bridgehead atoms. The number of methoxy groups -OCH3 is 1. The smallest absolute Gasteiger partial charge is 0.337 e. The highest BCUT2D eigenvalue weighted by atomic mass is 32.2. The fourth-order valence-corrected chi connectivity index (χ4v) is 2.62. The van der Waals surface area contributed by atoms with Crippen molar-refractivity contribution in [3.63, 3.8) is 0 Å². The zero-order chi connectivity index (χ0) is 15.4. The van der Waals surface area contributed by atoms with Crippen LogP contribution in [0.2, 0.25) is 0 Å². The summed E-state index contributed by atoms with van der Waals surface area (Å²) in [5.74, 6) is -0.755. The maximum absolute atomic E-state index is 12.0. The molecule has 0 radical (unpaired) electrons. The van der Waals surface area contributed by atoms with Gasteiger partial charge in [-0.25, -0.2) is 4.79 Å². The van der Waals surface area contributed by atoms with E-state index in [9.17, 15) is 14.4 Å². The van der Waals surface area contributed by atoms with Crippen LogP contribution in [0.4, 0.5) is 4.79 Å². The van der Waals surface area contributed by atoms with Crippen LogP contribution in [0.5, 0.6) is 0 Å². The molecule has 0 unspecified atom stereocenters. The van der Waals surface area contributed by atoms with Crippen molar-refractivity contribution in [1.82, 2.24) is 4.90 Å². The Hall–Kier alpha value is -2.34. The van der Waals surface area contributed by atoms with Gasteiger partial charge in [-0.05, 0) is 35.5 Å². The molecule has 0 saturated carbocycles. The molecule has 5 nitrogen and oxygen atoms in total. The highest BCUT2D eigenvalue weighted by molar-refractivity contribution is 8.18. The highest BCUT2D eigenvalue weighted by Gasteiger charge is 2.33. The molecule has 108 valence electrons. The standard InChI is InChI=1S/C15H13NO4S/c1-3-8-16-13(17)12(21-15(16)19)9-10-4-6-11(7-5-10)14(18)20-2/h3-7,9H,1,8H2,2H3. The van der Waals surface area contributed by atoms with Crippen molar-refractivity contribution in [2.75, 3.05) is 13.7 Å². The minimum atomic E-state index is -0.423. The van der Waals surface area contributed by atoms with Gasteiger partial charge in [-0.2, -0.15) is 0 Å². The first-order chi connectivity index (χ1) is 10.1.